The normalized spacial score (nSPS) is 12.7. The van der Waals surface area contributed by atoms with E-state index < -0.39 is 0 Å². The molecule has 1 aromatic carbocycles. The van der Waals surface area contributed by atoms with Gasteiger partial charge in [0.25, 0.3) is 0 Å². The molecule has 1 nitrogen and oxygen atoms in total. The van der Waals surface area contributed by atoms with Crippen LogP contribution in [0.4, 0.5) is 0 Å². The maximum Gasteiger partial charge on any atom is 0.0701 e. The number of thiophene rings is 1. The summed E-state index contributed by atoms with van der Waals surface area (Å²) < 4.78 is 1.18. The minimum absolute atomic E-state index is 0.191. The minimum atomic E-state index is 0.191. The first kappa shape index (κ1) is 13.8. The van der Waals surface area contributed by atoms with Crippen LogP contribution in [0, 0.1) is 13.8 Å². The molecule has 0 saturated heterocycles. The topological polar surface area (TPSA) is 26.0 Å². The maximum absolute atomic E-state index is 6.24. The summed E-state index contributed by atoms with van der Waals surface area (Å²) in [4.78, 5) is 1.35. The van der Waals surface area contributed by atoms with Crippen LogP contribution in [0.25, 0.3) is 0 Å². The molecule has 96 valence electrons. The van der Waals surface area contributed by atoms with Crippen molar-refractivity contribution in [2.45, 2.75) is 32.7 Å². The number of nitrogens with two attached hydrogens (primary N) is 1. The molecule has 1 heterocycles. The van der Waals surface area contributed by atoms with Crippen molar-refractivity contribution in [3.05, 3.63) is 55.7 Å². The molecule has 2 rings (SSSR count). The Labute approximate surface area is 121 Å². The van der Waals surface area contributed by atoms with Gasteiger partial charge in [0.15, 0.2) is 0 Å². The van der Waals surface area contributed by atoms with E-state index in [1.54, 1.807) is 11.3 Å². The van der Waals surface area contributed by atoms with Gasteiger partial charge in [-0.3, -0.25) is 0 Å². The van der Waals surface area contributed by atoms with E-state index in [9.17, 15) is 0 Å². The SMILES string of the molecule is Cc1cc(C)cc(CC(N)Cc2ccc(Br)s2)c1. The molecule has 3 heteroatoms. The number of hydrogen-bond donors (Lipinski definition) is 1. The van der Waals surface area contributed by atoms with Crippen LogP contribution < -0.4 is 5.73 Å². The van der Waals surface area contributed by atoms with Crippen molar-refractivity contribution in [3.8, 4) is 0 Å². The van der Waals surface area contributed by atoms with Gasteiger partial charge in [-0.15, -0.1) is 11.3 Å². The molecule has 0 spiro atoms. The molecular formula is C15H18BrNS. The van der Waals surface area contributed by atoms with Gasteiger partial charge in [-0.05, 0) is 60.3 Å². The minimum Gasteiger partial charge on any atom is -0.327 e. The second-order valence-corrected chi connectivity index (χ2v) is 7.42. The molecule has 0 radical (unpaired) electrons. The Hall–Kier alpha value is -0.640. The van der Waals surface area contributed by atoms with Crippen LogP contribution in [0.1, 0.15) is 21.6 Å². The zero-order chi connectivity index (χ0) is 13.1. The lowest BCUT2D eigenvalue weighted by Crippen LogP contribution is -2.25. The first-order chi connectivity index (χ1) is 8.52. The van der Waals surface area contributed by atoms with E-state index in [0.29, 0.717) is 0 Å². The molecule has 0 bridgehead atoms. The molecule has 2 N–H and O–H groups in total. The van der Waals surface area contributed by atoms with Gasteiger partial charge in [0, 0.05) is 10.9 Å². The van der Waals surface area contributed by atoms with Gasteiger partial charge in [-0.2, -0.15) is 0 Å². The molecule has 0 aliphatic carbocycles. The van der Waals surface area contributed by atoms with E-state index in [-0.39, 0.29) is 6.04 Å². The zero-order valence-electron chi connectivity index (χ0n) is 10.7. The summed E-state index contributed by atoms with van der Waals surface area (Å²) in [5.41, 5.74) is 10.2. The maximum atomic E-state index is 6.24. The van der Waals surface area contributed by atoms with E-state index >= 15 is 0 Å². The van der Waals surface area contributed by atoms with Crippen molar-refractivity contribution in [1.82, 2.24) is 0 Å². The fraction of sp³-hybridized carbons (Fsp3) is 0.333. The smallest absolute Gasteiger partial charge is 0.0701 e. The lowest BCUT2D eigenvalue weighted by atomic mass is 10.00. The van der Waals surface area contributed by atoms with Crippen LogP contribution in [-0.4, -0.2) is 6.04 Å². The predicted molar refractivity (Wildman–Crippen MR) is 83.3 cm³/mol. The first-order valence-electron chi connectivity index (χ1n) is 6.10. The van der Waals surface area contributed by atoms with E-state index in [0.717, 1.165) is 12.8 Å². The summed E-state index contributed by atoms with van der Waals surface area (Å²) in [6.07, 6.45) is 1.89. The molecule has 1 unspecified atom stereocenters. The fourth-order valence-corrected chi connectivity index (χ4v) is 3.86. The molecule has 0 saturated carbocycles. The molecule has 18 heavy (non-hydrogen) atoms. The van der Waals surface area contributed by atoms with Crippen LogP contribution >= 0.6 is 27.3 Å². The lowest BCUT2D eigenvalue weighted by molar-refractivity contribution is 0.670. The van der Waals surface area contributed by atoms with Gasteiger partial charge in [0.1, 0.15) is 0 Å². The molecule has 0 amide bonds. The second kappa shape index (κ2) is 6.00. The molecule has 1 aromatic heterocycles. The van der Waals surface area contributed by atoms with Gasteiger partial charge in [0.2, 0.25) is 0 Å². The Balaban J connectivity index is 2.00. The van der Waals surface area contributed by atoms with Crippen molar-refractivity contribution in [1.29, 1.82) is 0 Å². The molecule has 0 aliphatic heterocycles. The number of rotatable bonds is 4. The van der Waals surface area contributed by atoms with Crippen molar-refractivity contribution < 1.29 is 0 Å². The summed E-state index contributed by atoms with van der Waals surface area (Å²) in [5.74, 6) is 0. The van der Waals surface area contributed by atoms with Crippen LogP contribution in [-0.2, 0) is 12.8 Å². The van der Waals surface area contributed by atoms with Crippen molar-refractivity contribution in [3.63, 3.8) is 0 Å². The Kier molecular flexibility index (Phi) is 4.60. The highest BCUT2D eigenvalue weighted by atomic mass is 79.9. The van der Waals surface area contributed by atoms with E-state index in [1.807, 2.05) is 0 Å². The van der Waals surface area contributed by atoms with E-state index in [4.69, 9.17) is 5.73 Å². The van der Waals surface area contributed by atoms with E-state index in [2.05, 4.69) is 60.1 Å². The van der Waals surface area contributed by atoms with Crippen molar-refractivity contribution in [2.75, 3.05) is 0 Å². The van der Waals surface area contributed by atoms with Crippen LogP contribution in [0.5, 0.6) is 0 Å². The summed E-state index contributed by atoms with van der Waals surface area (Å²) in [7, 11) is 0. The standard InChI is InChI=1S/C15H18BrNS/c1-10-5-11(2)7-12(6-10)8-13(17)9-14-3-4-15(16)18-14/h3-7,13H,8-9,17H2,1-2H3. The van der Waals surface area contributed by atoms with Gasteiger partial charge in [-0.25, -0.2) is 0 Å². The third-order valence-electron chi connectivity index (χ3n) is 2.87. The molecule has 2 aromatic rings. The fourth-order valence-electron chi connectivity index (χ4n) is 2.28. The number of halogens is 1. The largest absolute Gasteiger partial charge is 0.327 e. The Morgan fingerprint density at radius 3 is 2.33 bits per heavy atom. The van der Waals surface area contributed by atoms with Gasteiger partial charge < -0.3 is 5.73 Å². The quantitative estimate of drug-likeness (QED) is 0.894. The number of hydrogen-bond acceptors (Lipinski definition) is 2. The van der Waals surface area contributed by atoms with Crippen LogP contribution in [0.2, 0.25) is 0 Å². The molecule has 0 aliphatic rings. The van der Waals surface area contributed by atoms with Crippen LogP contribution in [0.3, 0.4) is 0 Å². The first-order valence-corrected chi connectivity index (χ1v) is 7.71. The van der Waals surface area contributed by atoms with Crippen LogP contribution in [0.15, 0.2) is 34.1 Å². The Bertz CT molecular complexity index is 513. The van der Waals surface area contributed by atoms with Crippen molar-refractivity contribution in [2.24, 2.45) is 5.73 Å². The third-order valence-corrected chi connectivity index (χ3v) is 4.52. The monoisotopic (exact) mass is 323 g/mol. The second-order valence-electron chi connectivity index (χ2n) is 4.87. The summed E-state index contributed by atoms with van der Waals surface area (Å²) in [5, 5.41) is 0. The highest BCUT2D eigenvalue weighted by Crippen LogP contribution is 2.23. The lowest BCUT2D eigenvalue weighted by Gasteiger charge is -2.11. The number of benzene rings is 1. The van der Waals surface area contributed by atoms with Crippen molar-refractivity contribution >= 4 is 27.3 Å². The Morgan fingerprint density at radius 1 is 1.11 bits per heavy atom. The average Bonchev–Trinajstić information content (AvgIpc) is 2.61. The zero-order valence-corrected chi connectivity index (χ0v) is 13.1. The molecule has 1 atom stereocenters. The average molecular weight is 324 g/mol. The summed E-state index contributed by atoms with van der Waals surface area (Å²) in [6, 6.07) is 11.1. The van der Waals surface area contributed by atoms with E-state index in [1.165, 1.54) is 25.4 Å². The molecule has 0 fully saturated rings. The highest BCUT2D eigenvalue weighted by Gasteiger charge is 2.08. The summed E-state index contributed by atoms with van der Waals surface area (Å²) in [6.45, 7) is 4.27. The molecular weight excluding hydrogens is 306 g/mol. The van der Waals surface area contributed by atoms with Gasteiger partial charge in [-0.1, -0.05) is 29.3 Å². The van der Waals surface area contributed by atoms with Gasteiger partial charge in [0.05, 0.1) is 3.79 Å². The van der Waals surface area contributed by atoms with Gasteiger partial charge >= 0.3 is 0 Å². The predicted octanol–water partition coefficient (Wildman–Crippen LogP) is 4.24. The Morgan fingerprint density at radius 2 is 1.78 bits per heavy atom. The third kappa shape index (κ3) is 3.94. The highest BCUT2D eigenvalue weighted by molar-refractivity contribution is 9.11. The summed E-state index contributed by atoms with van der Waals surface area (Å²) >= 11 is 5.26. The number of aryl methyl sites for hydroxylation is 2.